The van der Waals surface area contributed by atoms with Gasteiger partial charge in [0.2, 0.25) is 0 Å². The van der Waals surface area contributed by atoms with E-state index in [1.807, 2.05) is 13.8 Å². The van der Waals surface area contributed by atoms with Crippen LogP contribution in [0.4, 0.5) is 4.39 Å². The molecule has 0 aliphatic heterocycles. The highest BCUT2D eigenvalue weighted by molar-refractivity contribution is 5.94. The second-order valence-electron chi connectivity index (χ2n) is 3.35. The molecule has 0 bridgehead atoms. The van der Waals surface area contributed by atoms with Gasteiger partial charge in [-0.05, 0) is 32.0 Å². The molecule has 0 saturated carbocycles. The molecule has 1 rings (SSSR count). The number of carbonyl (C=O) groups is 1. The first-order valence-electron chi connectivity index (χ1n) is 5.18. The fourth-order valence-electron chi connectivity index (χ4n) is 1.49. The summed E-state index contributed by atoms with van der Waals surface area (Å²) in [5, 5.41) is 0. The molecule has 3 heteroatoms. The number of benzene rings is 1. The second-order valence-corrected chi connectivity index (χ2v) is 3.35. The quantitative estimate of drug-likeness (QED) is 0.714. The molecule has 0 aliphatic rings. The van der Waals surface area contributed by atoms with Crippen molar-refractivity contribution in [2.24, 2.45) is 0 Å². The van der Waals surface area contributed by atoms with Gasteiger partial charge in [-0.25, -0.2) is 4.39 Å². The molecule has 1 aromatic rings. The maximum atomic E-state index is 13.2. The standard InChI is InChI=1S/C13H14FNO/c1-4-10-7-11(9-12(14)8-10)13(16)15(5-2)6-3/h1,7-9H,5-6H2,2-3H3. The van der Waals surface area contributed by atoms with E-state index in [0.29, 0.717) is 24.2 Å². The third kappa shape index (κ3) is 2.60. The lowest BCUT2D eigenvalue weighted by atomic mass is 10.1. The average molecular weight is 219 g/mol. The largest absolute Gasteiger partial charge is 0.339 e. The van der Waals surface area contributed by atoms with Crippen molar-refractivity contribution in [3.8, 4) is 12.3 Å². The van der Waals surface area contributed by atoms with Crippen LogP contribution in [0.1, 0.15) is 29.8 Å². The Hall–Kier alpha value is -1.82. The summed E-state index contributed by atoms with van der Waals surface area (Å²) in [6, 6.07) is 3.98. The van der Waals surface area contributed by atoms with E-state index in [4.69, 9.17) is 6.42 Å². The molecular weight excluding hydrogens is 205 g/mol. The normalized spacial score (nSPS) is 9.62. The lowest BCUT2D eigenvalue weighted by Gasteiger charge is -2.18. The first kappa shape index (κ1) is 12.3. The molecule has 0 heterocycles. The van der Waals surface area contributed by atoms with E-state index in [-0.39, 0.29) is 5.91 Å². The summed E-state index contributed by atoms with van der Waals surface area (Å²) < 4.78 is 13.2. The lowest BCUT2D eigenvalue weighted by molar-refractivity contribution is 0.0772. The van der Waals surface area contributed by atoms with Crippen molar-refractivity contribution in [1.29, 1.82) is 0 Å². The summed E-state index contributed by atoms with van der Waals surface area (Å²) >= 11 is 0. The second kappa shape index (κ2) is 5.32. The van der Waals surface area contributed by atoms with Crippen molar-refractivity contribution in [3.05, 3.63) is 35.1 Å². The molecule has 0 fully saturated rings. The van der Waals surface area contributed by atoms with Crippen LogP contribution in [0.3, 0.4) is 0 Å². The summed E-state index contributed by atoms with van der Waals surface area (Å²) in [6.07, 6.45) is 5.19. The van der Waals surface area contributed by atoms with E-state index in [1.54, 1.807) is 4.90 Å². The number of carbonyl (C=O) groups excluding carboxylic acids is 1. The van der Waals surface area contributed by atoms with Crippen LogP contribution in [-0.2, 0) is 0 Å². The van der Waals surface area contributed by atoms with Gasteiger partial charge in [0.25, 0.3) is 5.91 Å². The monoisotopic (exact) mass is 219 g/mol. The molecule has 0 saturated heterocycles. The molecule has 0 aliphatic carbocycles. The zero-order valence-electron chi connectivity index (χ0n) is 9.46. The molecule has 0 N–H and O–H groups in total. The van der Waals surface area contributed by atoms with Gasteiger partial charge in [-0.1, -0.05) is 5.92 Å². The van der Waals surface area contributed by atoms with E-state index < -0.39 is 5.82 Å². The highest BCUT2D eigenvalue weighted by Crippen LogP contribution is 2.11. The van der Waals surface area contributed by atoms with Crippen molar-refractivity contribution in [1.82, 2.24) is 4.90 Å². The molecule has 2 nitrogen and oxygen atoms in total. The van der Waals surface area contributed by atoms with Crippen LogP contribution in [0.2, 0.25) is 0 Å². The highest BCUT2D eigenvalue weighted by atomic mass is 19.1. The molecule has 0 unspecified atom stereocenters. The fourth-order valence-corrected chi connectivity index (χ4v) is 1.49. The number of amides is 1. The van der Waals surface area contributed by atoms with Crippen LogP contribution in [0.5, 0.6) is 0 Å². The van der Waals surface area contributed by atoms with Crippen molar-refractivity contribution in [2.45, 2.75) is 13.8 Å². The minimum Gasteiger partial charge on any atom is -0.339 e. The third-order valence-corrected chi connectivity index (χ3v) is 2.36. The van der Waals surface area contributed by atoms with Gasteiger partial charge in [-0.2, -0.15) is 0 Å². The van der Waals surface area contributed by atoms with Crippen LogP contribution < -0.4 is 0 Å². The lowest BCUT2D eigenvalue weighted by Crippen LogP contribution is -2.30. The summed E-state index contributed by atoms with van der Waals surface area (Å²) in [4.78, 5) is 13.5. The van der Waals surface area contributed by atoms with E-state index in [2.05, 4.69) is 5.92 Å². The highest BCUT2D eigenvalue weighted by Gasteiger charge is 2.13. The van der Waals surface area contributed by atoms with Crippen LogP contribution in [0.15, 0.2) is 18.2 Å². The van der Waals surface area contributed by atoms with Crippen molar-refractivity contribution < 1.29 is 9.18 Å². The average Bonchev–Trinajstić information content (AvgIpc) is 2.29. The zero-order valence-corrected chi connectivity index (χ0v) is 9.46. The Bertz CT molecular complexity index is 430. The van der Waals surface area contributed by atoms with E-state index in [1.165, 1.54) is 18.2 Å². The van der Waals surface area contributed by atoms with Crippen molar-refractivity contribution >= 4 is 5.91 Å². The molecule has 16 heavy (non-hydrogen) atoms. The molecule has 1 amide bonds. The molecular formula is C13H14FNO. The van der Waals surface area contributed by atoms with Gasteiger partial charge >= 0.3 is 0 Å². The minimum atomic E-state index is -0.481. The van der Waals surface area contributed by atoms with Gasteiger partial charge < -0.3 is 4.90 Å². The Morgan fingerprint density at radius 3 is 2.50 bits per heavy atom. The molecule has 0 spiro atoms. The van der Waals surface area contributed by atoms with Crippen molar-refractivity contribution in [2.75, 3.05) is 13.1 Å². The maximum Gasteiger partial charge on any atom is 0.253 e. The molecule has 0 radical (unpaired) electrons. The predicted octanol–water partition coefficient (Wildman–Crippen LogP) is 2.29. The minimum absolute atomic E-state index is 0.194. The Morgan fingerprint density at radius 1 is 1.38 bits per heavy atom. The van der Waals surface area contributed by atoms with Gasteiger partial charge in [0.15, 0.2) is 0 Å². The van der Waals surface area contributed by atoms with Crippen molar-refractivity contribution in [3.63, 3.8) is 0 Å². The predicted molar refractivity (Wildman–Crippen MR) is 61.6 cm³/mol. The molecule has 0 atom stereocenters. The van der Waals surface area contributed by atoms with Gasteiger partial charge in [-0.3, -0.25) is 4.79 Å². The summed E-state index contributed by atoms with van der Waals surface area (Å²) in [7, 11) is 0. The Balaban J connectivity index is 3.09. The Labute approximate surface area is 95.1 Å². The number of nitrogens with zero attached hydrogens (tertiary/aromatic N) is 1. The summed E-state index contributed by atoms with van der Waals surface area (Å²) in [6.45, 7) is 4.94. The van der Waals surface area contributed by atoms with E-state index in [9.17, 15) is 9.18 Å². The van der Waals surface area contributed by atoms with E-state index in [0.717, 1.165) is 0 Å². The van der Waals surface area contributed by atoms with Gasteiger partial charge in [0.05, 0.1) is 0 Å². The van der Waals surface area contributed by atoms with Crippen LogP contribution in [0, 0.1) is 18.2 Å². The topological polar surface area (TPSA) is 20.3 Å². The molecule has 0 aromatic heterocycles. The molecule has 84 valence electrons. The summed E-state index contributed by atoms with van der Waals surface area (Å²) in [5.74, 6) is 1.65. The first-order chi connectivity index (χ1) is 7.62. The van der Waals surface area contributed by atoms with Gasteiger partial charge in [0.1, 0.15) is 5.82 Å². The van der Waals surface area contributed by atoms with Crippen LogP contribution in [0.25, 0.3) is 0 Å². The van der Waals surface area contributed by atoms with Gasteiger partial charge in [0, 0.05) is 24.2 Å². The fraction of sp³-hybridized carbons (Fsp3) is 0.308. The van der Waals surface area contributed by atoms with E-state index >= 15 is 0 Å². The number of rotatable bonds is 3. The smallest absolute Gasteiger partial charge is 0.253 e. The molecule has 1 aromatic carbocycles. The number of halogens is 1. The Morgan fingerprint density at radius 2 is 2.00 bits per heavy atom. The van der Waals surface area contributed by atoms with Crippen LogP contribution in [-0.4, -0.2) is 23.9 Å². The first-order valence-corrected chi connectivity index (χ1v) is 5.18. The SMILES string of the molecule is C#Cc1cc(F)cc(C(=O)N(CC)CC)c1. The maximum absolute atomic E-state index is 13.2. The number of terminal acetylenes is 1. The third-order valence-electron chi connectivity index (χ3n) is 2.36. The van der Waals surface area contributed by atoms with Gasteiger partial charge in [-0.15, -0.1) is 6.42 Å². The number of hydrogen-bond donors (Lipinski definition) is 0. The summed E-state index contributed by atoms with van der Waals surface area (Å²) in [5.41, 5.74) is 0.687. The van der Waals surface area contributed by atoms with Crippen LogP contribution >= 0.6 is 0 Å². The number of hydrogen-bond acceptors (Lipinski definition) is 1. The zero-order chi connectivity index (χ0) is 12.1. The Kier molecular flexibility index (Phi) is 4.07.